The van der Waals surface area contributed by atoms with Crippen LogP contribution in [0.15, 0.2) is 12.4 Å². The lowest BCUT2D eigenvalue weighted by Crippen LogP contribution is -2.35. The third-order valence-corrected chi connectivity index (χ3v) is 3.91. The van der Waals surface area contributed by atoms with E-state index in [0.717, 1.165) is 24.3 Å². The van der Waals surface area contributed by atoms with Crippen LogP contribution in [0.5, 0.6) is 0 Å². The van der Waals surface area contributed by atoms with Gasteiger partial charge in [-0.1, -0.05) is 6.42 Å². The van der Waals surface area contributed by atoms with Crippen molar-refractivity contribution in [2.45, 2.75) is 45.6 Å². The van der Waals surface area contributed by atoms with Crippen LogP contribution < -0.4 is 5.32 Å². The number of aryl methyl sites for hydroxylation is 2. The van der Waals surface area contributed by atoms with Crippen molar-refractivity contribution in [3.63, 3.8) is 0 Å². The number of hydrogen-bond donors (Lipinski definition) is 1. The largest absolute Gasteiger partial charge is 0.314 e. The minimum absolute atomic E-state index is 0.593. The normalized spacial score (nSPS) is 20.4. The molecule has 0 spiro atoms. The van der Waals surface area contributed by atoms with E-state index in [-0.39, 0.29) is 0 Å². The van der Waals surface area contributed by atoms with Gasteiger partial charge in [0, 0.05) is 30.6 Å². The van der Waals surface area contributed by atoms with Crippen LogP contribution in [0.4, 0.5) is 0 Å². The summed E-state index contributed by atoms with van der Waals surface area (Å²) < 4.78 is 2.15. The van der Waals surface area contributed by atoms with E-state index in [4.69, 9.17) is 4.98 Å². The molecule has 96 valence electrons. The van der Waals surface area contributed by atoms with Crippen molar-refractivity contribution < 1.29 is 0 Å². The van der Waals surface area contributed by atoms with Crippen LogP contribution in [-0.4, -0.2) is 27.0 Å². The van der Waals surface area contributed by atoms with Crippen LogP contribution in [0.1, 0.15) is 36.3 Å². The van der Waals surface area contributed by atoms with E-state index in [0.29, 0.717) is 6.04 Å². The molecule has 3 rings (SSSR count). The summed E-state index contributed by atoms with van der Waals surface area (Å²) in [6.07, 6.45) is 8.80. The Morgan fingerprint density at radius 3 is 3.00 bits per heavy atom. The van der Waals surface area contributed by atoms with E-state index in [1.165, 1.54) is 30.7 Å². The first kappa shape index (κ1) is 11.7. The molecular weight excluding hydrogens is 224 g/mol. The van der Waals surface area contributed by atoms with Gasteiger partial charge in [0.1, 0.15) is 0 Å². The second-order valence-corrected chi connectivity index (χ2v) is 5.20. The third-order valence-electron chi connectivity index (χ3n) is 3.91. The summed E-state index contributed by atoms with van der Waals surface area (Å²) >= 11 is 0. The first-order chi connectivity index (χ1) is 8.75. The predicted molar refractivity (Wildman–Crippen MR) is 71.8 cm³/mol. The zero-order chi connectivity index (χ0) is 12.5. The van der Waals surface area contributed by atoms with Gasteiger partial charge in [-0.2, -0.15) is 0 Å². The molecule has 1 aliphatic rings. The lowest BCUT2D eigenvalue weighted by Gasteiger charge is -2.22. The molecule has 1 N–H and O–H groups in total. The van der Waals surface area contributed by atoms with Gasteiger partial charge < -0.3 is 9.72 Å². The monoisotopic (exact) mass is 244 g/mol. The fraction of sp³-hybridized carbons (Fsp3) is 0.571. The maximum Gasteiger partial charge on any atom is 0.158 e. The highest BCUT2D eigenvalue weighted by Crippen LogP contribution is 2.18. The zero-order valence-electron chi connectivity index (χ0n) is 11.1. The van der Waals surface area contributed by atoms with E-state index in [9.17, 15) is 0 Å². The Bertz CT molecular complexity index is 552. The van der Waals surface area contributed by atoms with Gasteiger partial charge in [0.05, 0.1) is 11.4 Å². The number of nitrogens with zero attached hydrogens (tertiary/aromatic N) is 3. The van der Waals surface area contributed by atoms with Gasteiger partial charge >= 0.3 is 0 Å². The Hall–Kier alpha value is -1.42. The lowest BCUT2D eigenvalue weighted by atomic mass is 10.00. The molecule has 2 aromatic heterocycles. The number of aromatic nitrogens is 3. The van der Waals surface area contributed by atoms with Gasteiger partial charge in [0.15, 0.2) is 5.65 Å². The molecule has 2 aromatic rings. The van der Waals surface area contributed by atoms with Crippen molar-refractivity contribution in [1.29, 1.82) is 0 Å². The quantitative estimate of drug-likeness (QED) is 0.879. The predicted octanol–water partition coefficient (Wildman–Crippen LogP) is 2.03. The molecule has 0 amide bonds. The van der Waals surface area contributed by atoms with E-state index in [1.807, 2.05) is 19.3 Å². The molecule has 1 fully saturated rings. The van der Waals surface area contributed by atoms with Crippen molar-refractivity contribution in [3.05, 3.63) is 29.5 Å². The maximum absolute atomic E-state index is 4.77. The molecule has 1 atom stereocenters. The number of imidazole rings is 1. The van der Waals surface area contributed by atoms with Crippen molar-refractivity contribution in [2.75, 3.05) is 6.54 Å². The molecule has 0 bridgehead atoms. The topological polar surface area (TPSA) is 42.2 Å². The summed E-state index contributed by atoms with van der Waals surface area (Å²) in [5.74, 6) is 0. The van der Waals surface area contributed by atoms with Gasteiger partial charge in [0.25, 0.3) is 0 Å². The Labute approximate surface area is 107 Å². The average molecular weight is 244 g/mol. The van der Waals surface area contributed by atoms with Crippen molar-refractivity contribution in [2.24, 2.45) is 0 Å². The SMILES string of the molecule is Cc1nccn2c(C)c(C[C@@H]3CCCCN3)nc12. The second-order valence-electron chi connectivity index (χ2n) is 5.20. The minimum atomic E-state index is 0.593. The summed E-state index contributed by atoms with van der Waals surface area (Å²) in [4.78, 5) is 9.08. The van der Waals surface area contributed by atoms with Crippen molar-refractivity contribution in [3.8, 4) is 0 Å². The Morgan fingerprint density at radius 2 is 2.28 bits per heavy atom. The zero-order valence-corrected chi connectivity index (χ0v) is 11.1. The van der Waals surface area contributed by atoms with Crippen LogP contribution in [0.3, 0.4) is 0 Å². The summed E-state index contributed by atoms with van der Waals surface area (Å²) in [6.45, 7) is 5.32. The smallest absolute Gasteiger partial charge is 0.158 e. The van der Waals surface area contributed by atoms with Gasteiger partial charge in [-0.15, -0.1) is 0 Å². The molecule has 4 nitrogen and oxygen atoms in total. The van der Waals surface area contributed by atoms with Crippen LogP contribution in [0.2, 0.25) is 0 Å². The number of rotatable bonds is 2. The molecule has 0 aliphatic carbocycles. The first-order valence-corrected chi connectivity index (χ1v) is 6.78. The number of nitrogens with one attached hydrogen (secondary N) is 1. The summed E-state index contributed by atoms with van der Waals surface area (Å²) in [6, 6.07) is 0.593. The van der Waals surface area contributed by atoms with Crippen LogP contribution in [-0.2, 0) is 6.42 Å². The Morgan fingerprint density at radius 1 is 1.39 bits per heavy atom. The fourth-order valence-electron chi connectivity index (χ4n) is 2.79. The number of fused-ring (bicyclic) bond motifs is 1. The van der Waals surface area contributed by atoms with Crippen molar-refractivity contribution >= 4 is 5.65 Å². The highest BCUT2D eigenvalue weighted by Gasteiger charge is 2.17. The van der Waals surface area contributed by atoms with E-state index < -0.39 is 0 Å². The second kappa shape index (κ2) is 4.69. The maximum atomic E-state index is 4.77. The molecule has 1 saturated heterocycles. The van der Waals surface area contributed by atoms with E-state index >= 15 is 0 Å². The average Bonchev–Trinajstić information content (AvgIpc) is 2.70. The first-order valence-electron chi connectivity index (χ1n) is 6.78. The highest BCUT2D eigenvalue weighted by molar-refractivity contribution is 5.46. The Balaban J connectivity index is 1.92. The third kappa shape index (κ3) is 2.01. The molecule has 18 heavy (non-hydrogen) atoms. The number of piperidine rings is 1. The molecular formula is C14H20N4. The number of hydrogen-bond acceptors (Lipinski definition) is 3. The standard InChI is InChI=1S/C14H20N4/c1-10-14-17-13(9-12-5-3-4-6-16-12)11(2)18(14)8-7-15-10/h7-8,12,16H,3-6,9H2,1-2H3/t12-/m0/s1. The molecule has 0 aromatic carbocycles. The Kier molecular flexibility index (Phi) is 3.04. The van der Waals surface area contributed by atoms with Crippen LogP contribution in [0, 0.1) is 13.8 Å². The van der Waals surface area contributed by atoms with Crippen LogP contribution >= 0.6 is 0 Å². The molecule has 3 heterocycles. The summed E-state index contributed by atoms with van der Waals surface area (Å²) in [7, 11) is 0. The fourth-order valence-corrected chi connectivity index (χ4v) is 2.79. The molecule has 0 unspecified atom stereocenters. The highest BCUT2D eigenvalue weighted by atomic mass is 15.0. The molecule has 4 heteroatoms. The molecule has 0 saturated carbocycles. The summed E-state index contributed by atoms with van der Waals surface area (Å²) in [5, 5.41) is 3.59. The van der Waals surface area contributed by atoms with E-state index in [2.05, 4.69) is 21.6 Å². The molecule has 1 aliphatic heterocycles. The van der Waals surface area contributed by atoms with Crippen LogP contribution in [0.25, 0.3) is 5.65 Å². The lowest BCUT2D eigenvalue weighted by molar-refractivity contribution is 0.397. The van der Waals surface area contributed by atoms with E-state index in [1.54, 1.807) is 0 Å². The molecule has 0 radical (unpaired) electrons. The minimum Gasteiger partial charge on any atom is -0.314 e. The van der Waals surface area contributed by atoms with Crippen molar-refractivity contribution in [1.82, 2.24) is 19.7 Å². The van der Waals surface area contributed by atoms with Gasteiger partial charge in [-0.25, -0.2) is 4.98 Å². The van der Waals surface area contributed by atoms with Gasteiger partial charge in [-0.3, -0.25) is 4.98 Å². The van der Waals surface area contributed by atoms with Gasteiger partial charge in [0.2, 0.25) is 0 Å². The summed E-state index contributed by atoms with van der Waals surface area (Å²) in [5.41, 5.74) is 4.47. The van der Waals surface area contributed by atoms with Gasteiger partial charge in [-0.05, 0) is 33.2 Å².